The van der Waals surface area contributed by atoms with Crippen LogP contribution in [0.15, 0.2) is 0 Å². The van der Waals surface area contributed by atoms with Crippen molar-refractivity contribution in [3.8, 4) is 0 Å². The van der Waals surface area contributed by atoms with E-state index in [1.165, 1.54) is 0 Å². The summed E-state index contributed by atoms with van der Waals surface area (Å²) in [5.74, 6) is 0. The van der Waals surface area contributed by atoms with Gasteiger partial charge in [0.15, 0.2) is 0 Å². The number of nitroso groups, excluding NO2 is 4. The summed E-state index contributed by atoms with van der Waals surface area (Å²) in [6.45, 7) is 0. The first-order valence-electron chi connectivity index (χ1n) is 0.730. The summed E-state index contributed by atoms with van der Waals surface area (Å²) in [7, 11) is 0. The average Bonchev–Trinajstić information content (AvgIpc) is 2.03. The van der Waals surface area contributed by atoms with E-state index in [9.17, 15) is 0 Å². The van der Waals surface area contributed by atoms with Crippen LogP contribution in [0.3, 0.4) is 0 Å². The Morgan fingerprint density at radius 2 is 0.429 bits per heavy atom. The fourth-order valence-corrected chi connectivity index (χ4v) is 0. The Kier molecular flexibility index (Phi) is 4640. The van der Waals surface area contributed by atoms with E-state index in [4.69, 9.17) is 42.0 Å². The van der Waals surface area contributed by atoms with Gasteiger partial charge < -0.3 is 69.0 Å². The first kappa shape index (κ1) is 98.1. The van der Waals surface area contributed by atoms with Gasteiger partial charge in [0.05, 0.1) is 0 Å². The van der Waals surface area contributed by atoms with Gasteiger partial charge in [0.25, 0.3) is 0 Å². The van der Waals surface area contributed by atoms with Crippen molar-refractivity contribution in [2.75, 3.05) is 0 Å². The predicted octanol–water partition coefficient (Wildman–Crippen LogP) is -4.71. The normalized spacial score (nSPS) is 1.14. The summed E-state index contributed by atoms with van der Waals surface area (Å²) in [5, 5.41) is 0. The standard InChI is InChI=1S/2Fe.4NO.2Na.2S/c;;4*1-2;;;;/q2*+2;4*-1;2*+1;2*-2. The Hall–Kier alpha value is 2.14. The Bertz CT molecular complexity index is 39.3. The molecule has 0 rings (SSSR count). The SMILES string of the molecule is [Fe+2].[Fe+2].[N-]=O.[N-]=O.[N-]=O.[N-]=O.[Na+].[Na+].[S-2].[S-2]. The first-order valence-corrected chi connectivity index (χ1v) is 0.730. The van der Waals surface area contributed by atoms with Crippen molar-refractivity contribution in [3.05, 3.63) is 42.0 Å². The zero-order chi connectivity index (χ0) is 8.00. The second-order valence-electron chi connectivity index (χ2n) is 0. The van der Waals surface area contributed by atoms with Crippen molar-refractivity contribution >= 4 is 27.0 Å². The van der Waals surface area contributed by atoms with Crippen molar-refractivity contribution < 1.29 is 93.3 Å². The molecule has 0 aliphatic heterocycles. The van der Waals surface area contributed by atoms with Crippen LogP contribution in [0.2, 0.25) is 0 Å². The molecule has 0 spiro atoms. The minimum Gasteiger partial charge on any atom is -2.00 e. The second kappa shape index (κ2) is 661. The molecule has 14 heteroatoms. The molecule has 0 aromatic rings. The van der Waals surface area contributed by atoms with Crippen LogP contribution in [0.1, 0.15) is 0 Å². The molecule has 0 saturated carbocycles. The van der Waals surface area contributed by atoms with Gasteiger partial charge in [0.1, 0.15) is 0 Å². The van der Waals surface area contributed by atoms with E-state index in [2.05, 4.69) is 0 Å². The summed E-state index contributed by atoms with van der Waals surface area (Å²) in [5.41, 5.74) is 23.0. The first-order chi connectivity index (χ1) is 4.00. The maximum atomic E-state index is 7.25. The molecule has 0 unspecified atom stereocenters. The zero-order valence-electron chi connectivity index (χ0n) is 6.95. The molecule has 0 atom stereocenters. The predicted molar refractivity (Wildman–Crippen MR) is 41.6 cm³/mol. The minimum atomic E-state index is 0. The van der Waals surface area contributed by atoms with Gasteiger partial charge >= 0.3 is 93.3 Å². The third-order valence-corrected chi connectivity index (χ3v) is 0. The molecular weight excluding hydrogens is 342 g/mol. The Labute approximate surface area is 160 Å². The van der Waals surface area contributed by atoms with Crippen molar-refractivity contribution in [2.45, 2.75) is 0 Å². The van der Waals surface area contributed by atoms with Gasteiger partial charge in [-0.25, -0.2) is 0 Å². The Balaban J connectivity index is -0.00000000167. The average molecular weight is 342 g/mol. The second-order valence-corrected chi connectivity index (χ2v) is 0. The van der Waals surface area contributed by atoms with Crippen LogP contribution in [-0.2, 0) is 61.1 Å². The van der Waals surface area contributed by atoms with Crippen molar-refractivity contribution in [3.63, 3.8) is 0 Å². The minimum absolute atomic E-state index is 0. The van der Waals surface area contributed by atoms with Gasteiger partial charge in [-0.15, -0.1) is 0 Å². The molecule has 8 nitrogen and oxygen atoms in total. The van der Waals surface area contributed by atoms with Gasteiger partial charge in [0.2, 0.25) is 0 Å². The van der Waals surface area contributed by atoms with Crippen molar-refractivity contribution in [1.82, 2.24) is 0 Å². The molecule has 0 fully saturated rings. The van der Waals surface area contributed by atoms with E-state index < -0.39 is 0 Å². The molecule has 0 N–H and O–H groups in total. The van der Waals surface area contributed by atoms with Crippen LogP contribution in [-0.4, -0.2) is 0 Å². The largest absolute Gasteiger partial charge is 2.00 e. The van der Waals surface area contributed by atoms with Gasteiger partial charge in [0, 0.05) is 0 Å². The summed E-state index contributed by atoms with van der Waals surface area (Å²) in [6, 6.07) is 0. The van der Waals surface area contributed by atoms with Gasteiger partial charge in [-0.2, -0.15) is 0 Å². The van der Waals surface area contributed by atoms with Gasteiger partial charge in [-0.1, -0.05) is 0 Å². The maximum Gasteiger partial charge on any atom is 2.00 e. The Morgan fingerprint density at radius 3 is 0.429 bits per heavy atom. The molecule has 0 radical (unpaired) electrons. The molecule has 76 valence electrons. The molecular formula is Fe2N4Na2O4S2-2. The van der Waals surface area contributed by atoms with Crippen molar-refractivity contribution in [1.29, 1.82) is 0 Å². The van der Waals surface area contributed by atoms with Crippen LogP contribution in [0.5, 0.6) is 0 Å². The van der Waals surface area contributed by atoms with E-state index in [1.807, 2.05) is 0 Å². The van der Waals surface area contributed by atoms with Crippen LogP contribution in [0.25, 0.3) is 22.4 Å². The fraction of sp³-hybridized carbons (Fsp3) is 0. The van der Waals surface area contributed by atoms with Gasteiger partial charge in [-0.3, -0.25) is 0 Å². The summed E-state index contributed by atoms with van der Waals surface area (Å²) < 4.78 is 0. The third kappa shape index (κ3) is 533. The molecule has 0 aromatic carbocycles. The molecule has 0 heterocycles. The molecule has 0 aliphatic rings. The summed E-state index contributed by atoms with van der Waals surface area (Å²) in [6.07, 6.45) is 0. The number of nitrogens with zero attached hydrogens (tertiary/aromatic N) is 4. The fourth-order valence-electron chi connectivity index (χ4n) is 0. The number of hydrogen-bond donors (Lipinski definition) is 0. The smallest absolute Gasteiger partial charge is 2.00 e. The van der Waals surface area contributed by atoms with E-state index in [0.29, 0.717) is 0 Å². The van der Waals surface area contributed by atoms with E-state index in [-0.39, 0.29) is 120 Å². The molecule has 0 saturated heterocycles. The molecule has 0 aromatic heterocycles. The Morgan fingerprint density at radius 1 is 0.429 bits per heavy atom. The maximum absolute atomic E-state index is 7.25. The molecule has 14 heavy (non-hydrogen) atoms. The molecule has 0 bridgehead atoms. The zero-order valence-corrected chi connectivity index (χ0v) is 14.8. The molecule has 0 amide bonds. The van der Waals surface area contributed by atoms with Crippen LogP contribution in [0, 0.1) is 19.6 Å². The van der Waals surface area contributed by atoms with Crippen molar-refractivity contribution in [2.24, 2.45) is 0 Å². The monoisotopic (exact) mass is 342 g/mol. The number of rotatable bonds is 0. The topological polar surface area (TPSA) is 157 Å². The van der Waals surface area contributed by atoms with E-state index in [0.717, 1.165) is 0 Å². The quantitative estimate of drug-likeness (QED) is 0.405. The summed E-state index contributed by atoms with van der Waals surface area (Å²) >= 11 is 0. The van der Waals surface area contributed by atoms with E-state index >= 15 is 0 Å². The number of hydrogen-bond acceptors (Lipinski definition) is 4. The van der Waals surface area contributed by atoms with Crippen LogP contribution < -0.4 is 59.1 Å². The van der Waals surface area contributed by atoms with E-state index in [1.54, 1.807) is 0 Å². The van der Waals surface area contributed by atoms with Gasteiger partial charge in [-0.05, 0) is 0 Å². The third-order valence-electron chi connectivity index (χ3n) is 0. The van der Waals surface area contributed by atoms with Crippen LogP contribution >= 0.6 is 0 Å². The molecule has 0 aliphatic carbocycles. The summed E-state index contributed by atoms with van der Waals surface area (Å²) in [4.78, 5) is 29.0. The van der Waals surface area contributed by atoms with Crippen LogP contribution in [0.4, 0.5) is 0 Å².